The number of aromatic nitrogens is 2. The van der Waals surface area contributed by atoms with Crippen LogP contribution in [0.1, 0.15) is 53.8 Å². The molecule has 1 aromatic heterocycles. The molecular weight excluding hydrogens is 320 g/mol. The van der Waals surface area contributed by atoms with Crippen molar-refractivity contribution in [3.05, 3.63) is 17.0 Å². The molecule has 4 aliphatic rings. The van der Waals surface area contributed by atoms with Gasteiger partial charge < -0.3 is 14.5 Å². The molecule has 134 valence electrons. The summed E-state index contributed by atoms with van der Waals surface area (Å²) in [5.41, 5.74) is 2.33. The summed E-state index contributed by atoms with van der Waals surface area (Å²) < 4.78 is 7.86. The Kier molecular flexibility index (Phi) is 3.26. The third kappa shape index (κ3) is 1.99. The van der Waals surface area contributed by atoms with Gasteiger partial charge in [-0.15, -0.1) is 0 Å². The lowest BCUT2D eigenvalue weighted by molar-refractivity contribution is -0.179. The van der Waals surface area contributed by atoms with Gasteiger partial charge >= 0.3 is 0 Å². The van der Waals surface area contributed by atoms with Gasteiger partial charge in [0.25, 0.3) is 5.91 Å². The largest absolute Gasteiger partial charge is 0.353 e. The third-order valence-electron chi connectivity index (χ3n) is 6.39. The van der Waals surface area contributed by atoms with E-state index >= 15 is 0 Å². The fraction of sp³-hybridized carbons (Fsp3) is 0.722. The summed E-state index contributed by atoms with van der Waals surface area (Å²) in [5, 5.41) is 4.58. The van der Waals surface area contributed by atoms with Crippen LogP contribution in [-0.4, -0.2) is 62.9 Å². The lowest BCUT2D eigenvalue weighted by Gasteiger charge is -2.42. The van der Waals surface area contributed by atoms with Gasteiger partial charge in [0, 0.05) is 32.1 Å². The van der Waals surface area contributed by atoms with Crippen LogP contribution in [0.3, 0.4) is 0 Å². The van der Waals surface area contributed by atoms with Gasteiger partial charge in [0.1, 0.15) is 5.69 Å². The maximum atomic E-state index is 13.4. The summed E-state index contributed by atoms with van der Waals surface area (Å²) in [6.45, 7) is 2.06. The molecule has 1 aromatic rings. The number of fused-ring (bicyclic) bond motifs is 1. The summed E-state index contributed by atoms with van der Waals surface area (Å²) in [5.74, 6) is 0.137. The van der Waals surface area contributed by atoms with Gasteiger partial charge in [0.15, 0.2) is 5.72 Å². The number of hydrogen-bond acceptors (Lipinski definition) is 4. The smallest absolute Gasteiger partial charge is 0.272 e. The highest BCUT2D eigenvalue weighted by Gasteiger charge is 2.61. The fourth-order valence-electron chi connectivity index (χ4n) is 5.28. The zero-order valence-electron chi connectivity index (χ0n) is 14.7. The number of amides is 2. The van der Waals surface area contributed by atoms with E-state index in [1.54, 1.807) is 4.68 Å². The molecule has 1 aliphatic carbocycles. The van der Waals surface area contributed by atoms with Crippen LogP contribution in [0.15, 0.2) is 0 Å². The van der Waals surface area contributed by atoms with Crippen molar-refractivity contribution in [2.75, 3.05) is 19.7 Å². The van der Waals surface area contributed by atoms with Crippen molar-refractivity contribution in [3.63, 3.8) is 0 Å². The van der Waals surface area contributed by atoms with Gasteiger partial charge in [0.05, 0.1) is 24.8 Å². The SMILES string of the molecule is Cn1nc2c(c1C(=O)N1CC[C@@]34OCCCN3C(=O)C[C@@H]14)CCCC2. The maximum absolute atomic E-state index is 13.4. The summed E-state index contributed by atoms with van der Waals surface area (Å²) in [7, 11) is 1.86. The first-order valence-electron chi connectivity index (χ1n) is 9.42. The normalized spacial score (nSPS) is 31.1. The Morgan fingerprint density at radius 3 is 2.96 bits per heavy atom. The highest BCUT2D eigenvalue weighted by Crippen LogP contribution is 2.45. The molecule has 0 N–H and O–H groups in total. The number of ether oxygens (including phenoxy) is 1. The molecule has 2 atom stereocenters. The van der Waals surface area contributed by atoms with E-state index in [0.717, 1.165) is 56.3 Å². The topological polar surface area (TPSA) is 67.7 Å². The molecule has 0 aromatic carbocycles. The Hall–Kier alpha value is -1.89. The molecule has 5 rings (SSSR count). The van der Waals surface area contributed by atoms with Gasteiger partial charge in [0.2, 0.25) is 5.91 Å². The second-order valence-electron chi connectivity index (χ2n) is 7.67. The number of likely N-dealkylation sites (tertiary alicyclic amines) is 1. The predicted octanol–water partition coefficient (Wildman–Crippen LogP) is 0.862. The predicted molar refractivity (Wildman–Crippen MR) is 88.9 cm³/mol. The average Bonchev–Trinajstić information content (AvgIpc) is 3.21. The fourth-order valence-corrected chi connectivity index (χ4v) is 5.28. The molecule has 25 heavy (non-hydrogen) atoms. The van der Waals surface area contributed by atoms with Crippen molar-refractivity contribution < 1.29 is 14.3 Å². The zero-order chi connectivity index (χ0) is 17.2. The average molecular weight is 344 g/mol. The van der Waals surface area contributed by atoms with E-state index in [4.69, 9.17) is 4.74 Å². The number of aryl methyl sites for hydroxylation is 2. The minimum atomic E-state index is -0.580. The molecule has 0 saturated carbocycles. The van der Waals surface area contributed by atoms with Gasteiger partial charge in [-0.25, -0.2) is 0 Å². The molecule has 3 aliphatic heterocycles. The van der Waals surface area contributed by atoms with Crippen molar-refractivity contribution in [2.24, 2.45) is 7.05 Å². The maximum Gasteiger partial charge on any atom is 0.272 e. The van der Waals surface area contributed by atoms with Crippen molar-refractivity contribution in [1.29, 1.82) is 0 Å². The van der Waals surface area contributed by atoms with Crippen LogP contribution in [-0.2, 0) is 29.4 Å². The Morgan fingerprint density at radius 1 is 1.24 bits per heavy atom. The molecule has 4 heterocycles. The Bertz CT molecular complexity index is 758. The van der Waals surface area contributed by atoms with Crippen LogP contribution >= 0.6 is 0 Å². The van der Waals surface area contributed by atoms with Gasteiger partial charge in [-0.3, -0.25) is 14.3 Å². The molecule has 0 bridgehead atoms. The Morgan fingerprint density at radius 2 is 2.08 bits per heavy atom. The first-order valence-corrected chi connectivity index (χ1v) is 9.42. The molecular formula is C18H24N4O3. The summed E-state index contributed by atoms with van der Waals surface area (Å²) >= 11 is 0. The van der Waals surface area contributed by atoms with Gasteiger partial charge in [-0.2, -0.15) is 5.10 Å². The van der Waals surface area contributed by atoms with Crippen LogP contribution < -0.4 is 0 Å². The van der Waals surface area contributed by atoms with Crippen LogP contribution in [0.25, 0.3) is 0 Å². The molecule has 0 radical (unpaired) electrons. The minimum Gasteiger partial charge on any atom is -0.353 e. The van der Waals surface area contributed by atoms with Crippen LogP contribution in [0.4, 0.5) is 0 Å². The number of nitrogens with zero attached hydrogens (tertiary/aromatic N) is 4. The van der Waals surface area contributed by atoms with E-state index in [1.165, 1.54) is 0 Å². The first-order chi connectivity index (χ1) is 12.1. The van der Waals surface area contributed by atoms with Gasteiger partial charge in [-0.05, 0) is 32.1 Å². The Labute approximate surface area is 146 Å². The number of carbonyl (C=O) groups is 2. The number of hydrogen-bond donors (Lipinski definition) is 0. The molecule has 3 fully saturated rings. The summed E-state index contributed by atoms with van der Waals surface area (Å²) in [4.78, 5) is 29.6. The summed E-state index contributed by atoms with van der Waals surface area (Å²) in [6.07, 6.45) is 6.12. The third-order valence-corrected chi connectivity index (χ3v) is 6.39. The van der Waals surface area contributed by atoms with Crippen LogP contribution in [0, 0.1) is 0 Å². The highest BCUT2D eigenvalue weighted by atomic mass is 16.5. The van der Waals surface area contributed by atoms with Crippen molar-refractivity contribution in [2.45, 2.75) is 56.7 Å². The van der Waals surface area contributed by atoms with E-state index in [0.29, 0.717) is 25.3 Å². The van der Waals surface area contributed by atoms with Gasteiger partial charge in [-0.1, -0.05) is 0 Å². The van der Waals surface area contributed by atoms with E-state index in [2.05, 4.69) is 5.10 Å². The van der Waals surface area contributed by atoms with Crippen molar-refractivity contribution in [1.82, 2.24) is 19.6 Å². The minimum absolute atomic E-state index is 0.0175. The lowest BCUT2D eigenvalue weighted by atomic mass is 9.95. The van der Waals surface area contributed by atoms with E-state index in [9.17, 15) is 9.59 Å². The number of rotatable bonds is 1. The first kappa shape index (κ1) is 15.4. The molecule has 7 heteroatoms. The zero-order valence-corrected chi connectivity index (χ0v) is 14.7. The number of carbonyl (C=O) groups excluding carboxylic acids is 2. The van der Waals surface area contributed by atoms with E-state index in [-0.39, 0.29) is 17.9 Å². The molecule has 2 amide bonds. The van der Waals surface area contributed by atoms with E-state index < -0.39 is 5.72 Å². The monoisotopic (exact) mass is 344 g/mol. The van der Waals surface area contributed by atoms with E-state index in [1.807, 2.05) is 16.8 Å². The second-order valence-corrected chi connectivity index (χ2v) is 7.67. The Balaban J connectivity index is 1.50. The lowest BCUT2D eigenvalue weighted by Crippen LogP contribution is -2.56. The van der Waals surface area contributed by atoms with Crippen LogP contribution in [0.2, 0.25) is 0 Å². The molecule has 0 unspecified atom stereocenters. The standard InChI is InChI=1S/C18H24N4O3/c1-20-16(12-5-2-3-6-13(12)19-20)17(24)21-9-7-18-14(21)11-15(23)22(18)8-4-10-25-18/h14H,2-11H2,1H3/t14-,18+/m1/s1. The highest BCUT2D eigenvalue weighted by molar-refractivity contribution is 5.96. The molecule has 1 spiro atoms. The quantitative estimate of drug-likeness (QED) is 0.758. The summed E-state index contributed by atoms with van der Waals surface area (Å²) in [6, 6.07) is -0.165. The second kappa shape index (κ2) is 5.30. The van der Waals surface area contributed by atoms with Crippen LogP contribution in [0.5, 0.6) is 0 Å². The van der Waals surface area contributed by atoms with Crippen molar-refractivity contribution >= 4 is 11.8 Å². The van der Waals surface area contributed by atoms with Crippen molar-refractivity contribution in [3.8, 4) is 0 Å². The molecule has 7 nitrogen and oxygen atoms in total. The molecule has 3 saturated heterocycles.